The van der Waals surface area contributed by atoms with E-state index in [9.17, 15) is 19.2 Å². The molecule has 2 aromatic carbocycles. The molecule has 0 aromatic heterocycles. The van der Waals surface area contributed by atoms with Gasteiger partial charge >= 0.3 is 6.09 Å². The van der Waals surface area contributed by atoms with E-state index in [1.54, 1.807) is 57.2 Å². The van der Waals surface area contributed by atoms with Crippen LogP contribution in [0, 0.1) is 25.2 Å². The molecule has 3 atom stereocenters. The number of anilines is 1. The van der Waals surface area contributed by atoms with Crippen molar-refractivity contribution in [3.8, 4) is 12.3 Å². The number of ether oxygens (including phenoxy) is 1. The van der Waals surface area contributed by atoms with E-state index in [1.807, 2.05) is 19.9 Å². The first-order valence-corrected chi connectivity index (χ1v) is 15.1. The lowest BCUT2D eigenvalue weighted by atomic mass is 9.95. The second-order valence-corrected chi connectivity index (χ2v) is 12.8. The molecule has 0 aliphatic carbocycles. The van der Waals surface area contributed by atoms with Gasteiger partial charge in [-0.1, -0.05) is 55.6 Å². The SMILES string of the molecule is C#Cc1ccc(C(C(=O)Nc2c(C)cccc2Cl)N(C(=O)C(CCC(N)=O)NC(=O)OC(C)(C)C)C(C)CCC(C)C)cc1. The number of aryl methyl sites for hydroxylation is 1. The summed E-state index contributed by atoms with van der Waals surface area (Å²) in [6.07, 6.45) is 5.82. The normalized spacial score (nSPS) is 13.3. The lowest BCUT2D eigenvalue weighted by molar-refractivity contribution is -0.143. The van der Waals surface area contributed by atoms with E-state index in [2.05, 4.69) is 30.4 Å². The fraction of sp³-hybridized carbons (Fsp3) is 0.471. The van der Waals surface area contributed by atoms with Crippen molar-refractivity contribution >= 4 is 41.1 Å². The van der Waals surface area contributed by atoms with E-state index < -0.39 is 47.5 Å². The number of carbonyl (C=O) groups is 4. The van der Waals surface area contributed by atoms with Gasteiger partial charge in [-0.05, 0) is 89.1 Å². The number of alkyl carbamates (subject to hydrolysis) is 1. The topological polar surface area (TPSA) is 131 Å². The van der Waals surface area contributed by atoms with Crippen molar-refractivity contribution in [3.05, 3.63) is 64.2 Å². The highest BCUT2D eigenvalue weighted by molar-refractivity contribution is 6.34. The van der Waals surface area contributed by atoms with Crippen LogP contribution in [0.2, 0.25) is 5.02 Å². The number of benzene rings is 2. The monoisotopic (exact) mass is 624 g/mol. The fourth-order valence-corrected chi connectivity index (χ4v) is 4.94. The molecule has 0 spiro atoms. The second kappa shape index (κ2) is 16.2. The number of carbonyl (C=O) groups excluding carboxylic acids is 4. The van der Waals surface area contributed by atoms with Crippen LogP contribution in [0.25, 0.3) is 0 Å². The van der Waals surface area contributed by atoms with Crippen LogP contribution in [0.15, 0.2) is 42.5 Å². The summed E-state index contributed by atoms with van der Waals surface area (Å²) in [5, 5.41) is 5.90. The van der Waals surface area contributed by atoms with Gasteiger partial charge in [0.2, 0.25) is 11.8 Å². The molecule has 9 nitrogen and oxygen atoms in total. The lowest BCUT2D eigenvalue weighted by Crippen LogP contribution is -2.55. The van der Waals surface area contributed by atoms with Crippen molar-refractivity contribution in [2.45, 2.75) is 97.9 Å². The maximum absolute atomic E-state index is 14.5. The summed E-state index contributed by atoms with van der Waals surface area (Å²) in [7, 11) is 0. The summed E-state index contributed by atoms with van der Waals surface area (Å²) < 4.78 is 5.42. The van der Waals surface area contributed by atoms with E-state index in [-0.39, 0.29) is 12.8 Å². The molecule has 238 valence electrons. The van der Waals surface area contributed by atoms with Crippen molar-refractivity contribution in [1.82, 2.24) is 10.2 Å². The van der Waals surface area contributed by atoms with Gasteiger partial charge in [-0.25, -0.2) is 4.79 Å². The van der Waals surface area contributed by atoms with Crippen LogP contribution in [-0.4, -0.2) is 46.4 Å². The fourth-order valence-electron chi connectivity index (χ4n) is 4.67. The van der Waals surface area contributed by atoms with Crippen LogP contribution in [0.1, 0.15) is 90.0 Å². The van der Waals surface area contributed by atoms with E-state index in [0.29, 0.717) is 34.2 Å². The highest BCUT2D eigenvalue weighted by Gasteiger charge is 2.39. The predicted octanol–water partition coefficient (Wildman–Crippen LogP) is 6.12. The van der Waals surface area contributed by atoms with E-state index in [0.717, 1.165) is 12.0 Å². The number of primary amides is 1. The predicted molar refractivity (Wildman–Crippen MR) is 174 cm³/mol. The molecule has 0 bridgehead atoms. The maximum Gasteiger partial charge on any atom is 0.408 e. The average molecular weight is 625 g/mol. The first-order valence-electron chi connectivity index (χ1n) is 14.8. The zero-order valence-electron chi connectivity index (χ0n) is 26.7. The molecule has 3 unspecified atom stereocenters. The molecule has 0 saturated heterocycles. The Morgan fingerprint density at radius 1 is 1.02 bits per heavy atom. The Morgan fingerprint density at radius 2 is 1.66 bits per heavy atom. The summed E-state index contributed by atoms with van der Waals surface area (Å²) in [6, 6.07) is 9.24. The minimum atomic E-state index is -1.21. The number of hydrogen-bond donors (Lipinski definition) is 3. The van der Waals surface area contributed by atoms with Gasteiger partial charge in [-0.2, -0.15) is 0 Å². The molecule has 0 radical (unpaired) electrons. The van der Waals surface area contributed by atoms with Crippen LogP contribution in [-0.2, 0) is 19.1 Å². The Labute approximate surface area is 266 Å². The van der Waals surface area contributed by atoms with Crippen LogP contribution in [0.3, 0.4) is 0 Å². The molecular formula is C34H45ClN4O5. The molecule has 0 aliphatic rings. The molecule has 2 rings (SSSR count). The third-order valence-electron chi connectivity index (χ3n) is 6.95. The molecule has 4 N–H and O–H groups in total. The smallest absolute Gasteiger partial charge is 0.408 e. The Bertz CT molecular complexity index is 1340. The Hall–Kier alpha value is -4.03. The number of rotatable bonds is 13. The molecule has 0 saturated carbocycles. The van der Waals surface area contributed by atoms with Gasteiger partial charge in [0.25, 0.3) is 5.91 Å². The molecule has 4 amide bonds. The Balaban J connectivity index is 2.70. The number of hydrogen-bond acceptors (Lipinski definition) is 5. The number of para-hydroxylation sites is 1. The van der Waals surface area contributed by atoms with Crippen LogP contribution < -0.4 is 16.4 Å². The third kappa shape index (κ3) is 10.9. The number of amides is 4. The van der Waals surface area contributed by atoms with E-state index >= 15 is 0 Å². The summed E-state index contributed by atoms with van der Waals surface area (Å²) in [5.41, 5.74) is 6.86. The van der Waals surface area contributed by atoms with Gasteiger partial charge in [0.15, 0.2) is 0 Å². The molecule has 2 aromatic rings. The number of nitrogens with zero attached hydrogens (tertiary/aromatic N) is 1. The molecule has 0 heterocycles. The van der Waals surface area contributed by atoms with E-state index in [1.165, 1.54) is 4.90 Å². The molecule has 0 aliphatic heterocycles. The highest BCUT2D eigenvalue weighted by atomic mass is 35.5. The van der Waals surface area contributed by atoms with Gasteiger partial charge in [0.1, 0.15) is 17.7 Å². The van der Waals surface area contributed by atoms with Gasteiger partial charge in [0, 0.05) is 18.0 Å². The molecule has 10 heteroatoms. The molecule has 44 heavy (non-hydrogen) atoms. The number of nitrogens with two attached hydrogens (primary N) is 1. The standard InChI is InChI=1S/C34H45ClN4O5/c1-9-24-15-17-25(18-16-24)30(31(41)38-29-22(4)11-10-12-26(29)35)39(23(5)14-13-21(2)3)32(42)27(19-20-28(36)40)37-33(43)44-34(6,7)8/h1,10-12,15-18,21,23,27,30H,13-14,19-20H2,2-8H3,(H2,36,40)(H,37,43)(H,38,41). The van der Waals surface area contributed by atoms with Crippen molar-refractivity contribution in [1.29, 1.82) is 0 Å². The number of nitrogens with one attached hydrogen (secondary N) is 2. The summed E-state index contributed by atoms with van der Waals surface area (Å²) in [6.45, 7) is 12.9. The Morgan fingerprint density at radius 3 is 2.18 bits per heavy atom. The summed E-state index contributed by atoms with van der Waals surface area (Å²) >= 11 is 6.46. The average Bonchev–Trinajstić information content (AvgIpc) is 2.93. The summed E-state index contributed by atoms with van der Waals surface area (Å²) in [4.78, 5) is 54.9. The van der Waals surface area contributed by atoms with Gasteiger partial charge in [-0.15, -0.1) is 6.42 Å². The zero-order valence-corrected chi connectivity index (χ0v) is 27.5. The summed E-state index contributed by atoms with van der Waals surface area (Å²) in [5.74, 6) is 1.18. The quantitative estimate of drug-likeness (QED) is 0.231. The van der Waals surface area contributed by atoms with Gasteiger partial charge < -0.3 is 26.0 Å². The lowest BCUT2D eigenvalue weighted by Gasteiger charge is -2.39. The van der Waals surface area contributed by atoms with Crippen molar-refractivity contribution in [2.24, 2.45) is 11.7 Å². The minimum Gasteiger partial charge on any atom is -0.444 e. The van der Waals surface area contributed by atoms with Crippen LogP contribution in [0.5, 0.6) is 0 Å². The molecule has 0 fully saturated rings. The first-order chi connectivity index (χ1) is 20.5. The number of terminal acetylenes is 1. The van der Waals surface area contributed by atoms with Crippen LogP contribution in [0.4, 0.5) is 10.5 Å². The second-order valence-electron chi connectivity index (χ2n) is 12.4. The molecular weight excluding hydrogens is 580 g/mol. The first kappa shape index (κ1) is 36.2. The van der Waals surface area contributed by atoms with Crippen molar-refractivity contribution in [3.63, 3.8) is 0 Å². The van der Waals surface area contributed by atoms with E-state index in [4.69, 9.17) is 28.5 Å². The van der Waals surface area contributed by atoms with Crippen LogP contribution >= 0.6 is 11.6 Å². The van der Waals surface area contributed by atoms with Gasteiger partial charge in [0.05, 0.1) is 10.7 Å². The Kier molecular flexibility index (Phi) is 13.3. The third-order valence-corrected chi connectivity index (χ3v) is 7.26. The minimum absolute atomic E-state index is 0.0885. The largest absolute Gasteiger partial charge is 0.444 e. The van der Waals surface area contributed by atoms with Crippen molar-refractivity contribution < 1.29 is 23.9 Å². The van der Waals surface area contributed by atoms with Crippen molar-refractivity contribution in [2.75, 3.05) is 5.32 Å². The van der Waals surface area contributed by atoms with Gasteiger partial charge in [-0.3, -0.25) is 14.4 Å². The highest BCUT2D eigenvalue weighted by Crippen LogP contribution is 2.32. The number of halogens is 1. The zero-order chi connectivity index (χ0) is 33.2. The maximum atomic E-state index is 14.5.